The molecule has 150 valence electrons. The number of halogens is 1. The van der Waals surface area contributed by atoms with Crippen LogP contribution < -0.4 is 19.7 Å². The molecule has 0 radical (unpaired) electrons. The second-order valence-corrected chi connectivity index (χ2v) is 6.39. The maximum absolute atomic E-state index is 13.2. The number of ether oxygens (including phenoxy) is 2. The molecule has 6 nitrogen and oxygen atoms in total. The quantitative estimate of drug-likeness (QED) is 0.446. The normalized spacial score (nSPS) is 15.5. The number of amides is 2. The van der Waals surface area contributed by atoms with Crippen LogP contribution in [0.2, 0.25) is 0 Å². The molecule has 1 N–H and O–H groups in total. The van der Waals surface area contributed by atoms with Gasteiger partial charge in [0.2, 0.25) is 0 Å². The van der Waals surface area contributed by atoms with Crippen molar-refractivity contribution in [2.45, 2.75) is 13.8 Å². The molecule has 0 saturated carbocycles. The summed E-state index contributed by atoms with van der Waals surface area (Å²) in [5.74, 6) is -0.563. The number of carbonyl (C=O) groups is 2. The molecule has 1 fully saturated rings. The van der Waals surface area contributed by atoms with Gasteiger partial charge < -0.3 is 9.47 Å². The fourth-order valence-electron chi connectivity index (χ4n) is 2.81. The number of rotatable bonds is 6. The number of nitrogens with zero attached hydrogens (tertiary/aromatic N) is 1. The molecule has 2 aromatic carbocycles. The minimum absolute atomic E-state index is 0.0644. The highest BCUT2D eigenvalue weighted by atomic mass is 32.1. The van der Waals surface area contributed by atoms with Crippen molar-refractivity contribution in [1.29, 1.82) is 0 Å². The van der Waals surface area contributed by atoms with Crippen molar-refractivity contribution >= 4 is 40.9 Å². The first-order valence-corrected chi connectivity index (χ1v) is 9.42. The zero-order chi connectivity index (χ0) is 21.0. The monoisotopic (exact) mass is 414 g/mol. The van der Waals surface area contributed by atoms with Crippen LogP contribution in [-0.2, 0) is 9.59 Å². The van der Waals surface area contributed by atoms with Crippen LogP contribution in [0.1, 0.15) is 19.4 Å². The number of thiocarbonyl (C=S) groups is 1. The molecule has 8 heteroatoms. The molecule has 29 heavy (non-hydrogen) atoms. The van der Waals surface area contributed by atoms with Gasteiger partial charge in [-0.3, -0.25) is 19.8 Å². The summed E-state index contributed by atoms with van der Waals surface area (Å²) in [6, 6.07) is 10.4. The second-order valence-electron chi connectivity index (χ2n) is 6.01. The van der Waals surface area contributed by atoms with Gasteiger partial charge in [-0.05, 0) is 74.1 Å². The van der Waals surface area contributed by atoms with Crippen molar-refractivity contribution in [3.63, 3.8) is 0 Å². The maximum Gasteiger partial charge on any atom is 0.270 e. The lowest BCUT2D eigenvalue weighted by Gasteiger charge is -2.28. The van der Waals surface area contributed by atoms with Gasteiger partial charge in [0.15, 0.2) is 16.6 Å². The molecule has 0 bridgehead atoms. The molecule has 0 aromatic heterocycles. The van der Waals surface area contributed by atoms with Crippen LogP contribution in [-0.4, -0.2) is 30.1 Å². The third-order valence-electron chi connectivity index (χ3n) is 4.06. The van der Waals surface area contributed by atoms with E-state index < -0.39 is 17.6 Å². The molecule has 0 unspecified atom stereocenters. The van der Waals surface area contributed by atoms with Crippen LogP contribution in [0.25, 0.3) is 6.08 Å². The SMILES string of the molecule is CCOc1ccc(/C=C2/C(=O)NC(=S)N(c3ccc(F)cc3)C2=O)cc1OCC. The van der Waals surface area contributed by atoms with Gasteiger partial charge in [0, 0.05) is 0 Å². The minimum atomic E-state index is -0.606. The molecule has 1 aliphatic rings. The first-order valence-electron chi connectivity index (χ1n) is 9.01. The van der Waals surface area contributed by atoms with Crippen LogP contribution in [0.4, 0.5) is 10.1 Å². The first kappa shape index (κ1) is 20.5. The number of carbonyl (C=O) groups excluding carboxylic acids is 2. The summed E-state index contributed by atoms with van der Waals surface area (Å²) < 4.78 is 24.3. The zero-order valence-corrected chi connectivity index (χ0v) is 16.7. The van der Waals surface area contributed by atoms with Crippen LogP contribution in [0, 0.1) is 5.82 Å². The molecule has 1 heterocycles. The molecule has 1 saturated heterocycles. The lowest BCUT2D eigenvalue weighted by Crippen LogP contribution is -2.54. The van der Waals surface area contributed by atoms with Gasteiger partial charge in [0.05, 0.1) is 18.9 Å². The number of hydrogen-bond donors (Lipinski definition) is 1. The van der Waals surface area contributed by atoms with E-state index in [-0.39, 0.29) is 10.7 Å². The van der Waals surface area contributed by atoms with E-state index in [0.29, 0.717) is 36.0 Å². The maximum atomic E-state index is 13.2. The molecule has 0 atom stereocenters. The Balaban J connectivity index is 1.98. The van der Waals surface area contributed by atoms with Crippen molar-refractivity contribution in [1.82, 2.24) is 5.32 Å². The first-order chi connectivity index (χ1) is 13.9. The number of benzene rings is 2. The predicted octanol–water partition coefficient (Wildman–Crippen LogP) is 3.45. The Morgan fingerprint density at radius 3 is 2.34 bits per heavy atom. The Hall–Kier alpha value is -3.26. The summed E-state index contributed by atoms with van der Waals surface area (Å²) in [5.41, 5.74) is 0.839. The molecule has 0 spiro atoms. The average Bonchev–Trinajstić information content (AvgIpc) is 2.69. The van der Waals surface area contributed by atoms with Gasteiger partial charge in [-0.15, -0.1) is 0 Å². The zero-order valence-electron chi connectivity index (χ0n) is 15.9. The Kier molecular flexibility index (Phi) is 6.23. The van der Waals surface area contributed by atoms with E-state index in [1.807, 2.05) is 13.8 Å². The van der Waals surface area contributed by atoms with Gasteiger partial charge >= 0.3 is 0 Å². The van der Waals surface area contributed by atoms with Gasteiger partial charge in [-0.2, -0.15) is 0 Å². The summed E-state index contributed by atoms with van der Waals surface area (Å²) in [5, 5.41) is 2.43. The summed E-state index contributed by atoms with van der Waals surface area (Å²) in [6.45, 7) is 4.63. The summed E-state index contributed by atoms with van der Waals surface area (Å²) >= 11 is 5.13. The molecule has 3 rings (SSSR count). The second kappa shape index (κ2) is 8.83. The van der Waals surface area contributed by atoms with E-state index in [1.165, 1.54) is 30.3 Å². The highest BCUT2D eigenvalue weighted by Gasteiger charge is 2.34. The summed E-state index contributed by atoms with van der Waals surface area (Å²) in [6.07, 6.45) is 1.45. The standard InChI is InChI=1S/C21H19FN2O4S/c1-3-27-17-10-5-13(12-18(17)28-4-2)11-16-19(25)23-21(29)24(20(16)26)15-8-6-14(22)7-9-15/h5-12H,3-4H2,1-2H3,(H,23,25,29)/b16-11-. The van der Waals surface area contributed by atoms with E-state index in [4.69, 9.17) is 21.7 Å². The largest absolute Gasteiger partial charge is 0.490 e. The van der Waals surface area contributed by atoms with Crippen LogP contribution >= 0.6 is 12.2 Å². The Labute approximate surface area is 172 Å². The Morgan fingerprint density at radius 2 is 1.69 bits per heavy atom. The van der Waals surface area contributed by atoms with E-state index in [9.17, 15) is 14.0 Å². The predicted molar refractivity (Wildman–Crippen MR) is 111 cm³/mol. The lowest BCUT2D eigenvalue weighted by atomic mass is 10.1. The Morgan fingerprint density at radius 1 is 1.03 bits per heavy atom. The number of nitrogens with one attached hydrogen (secondary N) is 1. The van der Waals surface area contributed by atoms with E-state index in [2.05, 4.69) is 5.32 Å². The summed E-state index contributed by atoms with van der Waals surface area (Å²) in [4.78, 5) is 26.5. The third-order valence-corrected chi connectivity index (χ3v) is 4.35. The highest BCUT2D eigenvalue weighted by molar-refractivity contribution is 7.80. The molecule has 2 amide bonds. The topological polar surface area (TPSA) is 67.9 Å². The van der Waals surface area contributed by atoms with Crippen molar-refractivity contribution in [3.05, 3.63) is 59.4 Å². The third kappa shape index (κ3) is 4.43. The lowest BCUT2D eigenvalue weighted by molar-refractivity contribution is -0.122. The van der Waals surface area contributed by atoms with Crippen LogP contribution in [0.5, 0.6) is 11.5 Å². The van der Waals surface area contributed by atoms with Crippen molar-refractivity contribution in [2.24, 2.45) is 0 Å². The van der Waals surface area contributed by atoms with Gasteiger partial charge in [-0.25, -0.2) is 4.39 Å². The van der Waals surface area contributed by atoms with Gasteiger partial charge in [-0.1, -0.05) is 6.07 Å². The van der Waals surface area contributed by atoms with Gasteiger partial charge in [0.25, 0.3) is 11.8 Å². The van der Waals surface area contributed by atoms with Crippen LogP contribution in [0.15, 0.2) is 48.0 Å². The Bertz CT molecular complexity index is 989. The van der Waals surface area contributed by atoms with E-state index in [1.54, 1.807) is 18.2 Å². The molecule has 2 aromatic rings. The minimum Gasteiger partial charge on any atom is -0.490 e. The highest BCUT2D eigenvalue weighted by Crippen LogP contribution is 2.30. The molecule has 0 aliphatic carbocycles. The van der Waals surface area contributed by atoms with Gasteiger partial charge in [0.1, 0.15) is 11.4 Å². The van der Waals surface area contributed by atoms with Crippen molar-refractivity contribution in [3.8, 4) is 11.5 Å². The van der Waals surface area contributed by atoms with E-state index >= 15 is 0 Å². The number of hydrogen-bond acceptors (Lipinski definition) is 5. The van der Waals surface area contributed by atoms with Crippen LogP contribution in [0.3, 0.4) is 0 Å². The smallest absolute Gasteiger partial charge is 0.270 e. The van der Waals surface area contributed by atoms with Crippen molar-refractivity contribution < 1.29 is 23.5 Å². The average molecular weight is 414 g/mol. The summed E-state index contributed by atoms with van der Waals surface area (Å²) in [7, 11) is 0. The molecule has 1 aliphatic heterocycles. The molecular formula is C21H19FN2O4S. The van der Waals surface area contributed by atoms with Crippen molar-refractivity contribution in [2.75, 3.05) is 18.1 Å². The van der Waals surface area contributed by atoms with E-state index in [0.717, 1.165) is 4.90 Å². The fourth-order valence-corrected chi connectivity index (χ4v) is 3.09. The molecular weight excluding hydrogens is 395 g/mol. The number of anilines is 1. The fraction of sp³-hybridized carbons (Fsp3) is 0.190.